The van der Waals surface area contributed by atoms with Crippen LogP contribution in [0.1, 0.15) is 19.9 Å². The van der Waals surface area contributed by atoms with Crippen LogP contribution in [0.15, 0.2) is 18.5 Å². The molecule has 1 saturated heterocycles. The molecule has 0 saturated carbocycles. The number of carbonyl (C=O) groups is 1. The summed E-state index contributed by atoms with van der Waals surface area (Å²) in [6, 6.07) is 1.55. The van der Waals surface area contributed by atoms with Gasteiger partial charge in [-0.25, -0.2) is 0 Å². The van der Waals surface area contributed by atoms with Crippen molar-refractivity contribution in [2.45, 2.75) is 26.0 Å². The van der Waals surface area contributed by atoms with E-state index in [1.807, 2.05) is 31.0 Å². The lowest BCUT2D eigenvalue weighted by Crippen LogP contribution is -2.52. The average Bonchev–Trinajstić information content (AvgIpc) is 3.06. The van der Waals surface area contributed by atoms with Crippen LogP contribution >= 0.6 is 0 Å². The molecule has 0 aromatic carbocycles. The van der Waals surface area contributed by atoms with Gasteiger partial charge in [-0.3, -0.25) is 14.4 Å². The summed E-state index contributed by atoms with van der Waals surface area (Å²) in [4.78, 5) is 16.5. The third-order valence-electron chi connectivity index (χ3n) is 3.95. The summed E-state index contributed by atoms with van der Waals surface area (Å²) in [5.41, 5.74) is 0. The van der Waals surface area contributed by atoms with Gasteiger partial charge in [0, 0.05) is 51.7 Å². The molecule has 7 heteroatoms. The fraction of sp³-hybridized carbons (Fsp3) is 0.733. The van der Waals surface area contributed by atoms with E-state index in [0.29, 0.717) is 32.8 Å². The number of aliphatic hydroxyl groups is 1. The lowest BCUT2D eigenvalue weighted by Gasteiger charge is -2.36. The van der Waals surface area contributed by atoms with Crippen LogP contribution in [0.25, 0.3) is 0 Å². The van der Waals surface area contributed by atoms with Gasteiger partial charge in [-0.2, -0.15) is 5.10 Å². The highest BCUT2D eigenvalue weighted by Gasteiger charge is 2.26. The van der Waals surface area contributed by atoms with Crippen molar-refractivity contribution in [1.29, 1.82) is 0 Å². The SMILES string of the molecule is CCOC[C@@H](O)CN1CCN(C(=O)[C@H](C)n2cccn2)CC1. The molecule has 2 atom stereocenters. The van der Waals surface area contributed by atoms with Crippen molar-refractivity contribution in [3.63, 3.8) is 0 Å². The number of rotatable bonds is 7. The molecule has 0 unspecified atom stereocenters. The van der Waals surface area contributed by atoms with Crippen molar-refractivity contribution in [2.24, 2.45) is 0 Å². The quantitative estimate of drug-likeness (QED) is 0.767. The van der Waals surface area contributed by atoms with Gasteiger partial charge in [-0.1, -0.05) is 0 Å². The molecular formula is C15H26N4O3. The van der Waals surface area contributed by atoms with Gasteiger partial charge >= 0.3 is 0 Å². The molecule has 1 N–H and O–H groups in total. The number of piperazine rings is 1. The van der Waals surface area contributed by atoms with Gasteiger partial charge in [0.2, 0.25) is 5.91 Å². The second kappa shape index (κ2) is 8.26. The molecular weight excluding hydrogens is 284 g/mol. The van der Waals surface area contributed by atoms with E-state index in [4.69, 9.17) is 4.74 Å². The first-order valence-electron chi connectivity index (χ1n) is 7.88. The minimum absolute atomic E-state index is 0.0956. The van der Waals surface area contributed by atoms with Gasteiger partial charge in [0.25, 0.3) is 0 Å². The molecule has 1 aliphatic rings. The van der Waals surface area contributed by atoms with Crippen molar-refractivity contribution in [1.82, 2.24) is 19.6 Å². The summed E-state index contributed by atoms with van der Waals surface area (Å²) in [5, 5.41) is 14.0. The standard InChI is InChI=1S/C15H26N4O3/c1-3-22-12-14(20)11-17-7-9-18(10-8-17)15(21)13(2)19-6-4-5-16-19/h4-6,13-14,20H,3,7-12H2,1-2H3/t13-,14-/m0/s1. The van der Waals surface area contributed by atoms with Crippen LogP contribution in [0.4, 0.5) is 0 Å². The van der Waals surface area contributed by atoms with Crippen LogP contribution in [0.2, 0.25) is 0 Å². The number of β-amino-alcohol motifs (C(OH)–C–C–N with tert-alkyl or cyclic N) is 1. The minimum Gasteiger partial charge on any atom is -0.389 e. The van der Waals surface area contributed by atoms with E-state index in [9.17, 15) is 9.90 Å². The monoisotopic (exact) mass is 310 g/mol. The molecule has 1 aliphatic heterocycles. The van der Waals surface area contributed by atoms with Crippen molar-refractivity contribution < 1.29 is 14.6 Å². The van der Waals surface area contributed by atoms with Gasteiger partial charge in [0.1, 0.15) is 6.04 Å². The normalized spacial score (nSPS) is 19.1. The predicted octanol–water partition coefficient (Wildman–Crippen LogP) is -0.0143. The topological polar surface area (TPSA) is 70.8 Å². The highest BCUT2D eigenvalue weighted by Crippen LogP contribution is 2.11. The maximum absolute atomic E-state index is 12.4. The van der Waals surface area contributed by atoms with E-state index < -0.39 is 6.10 Å². The molecule has 0 radical (unpaired) electrons. The second-order valence-corrected chi connectivity index (χ2v) is 5.60. The minimum atomic E-state index is -0.467. The first-order valence-corrected chi connectivity index (χ1v) is 7.88. The number of carbonyl (C=O) groups excluding carboxylic acids is 1. The third-order valence-corrected chi connectivity index (χ3v) is 3.95. The van der Waals surface area contributed by atoms with Gasteiger partial charge in [-0.05, 0) is 19.9 Å². The molecule has 0 aliphatic carbocycles. The zero-order valence-corrected chi connectivity index (χ0v) is 13.4. The molecule has 2 rings (SSSR count). The number of aromatic nitrogens is 2. The van der Waals surface area contributed by atoms with Gasteiger partial charge in [-0.15, -0.1) is 0 Å². The Balaban J connectivity index is 1.76. The molecule has 7 nitrogen and oxygen atoms in total. The molecule has 22 heavy (non-hydrogen) atoms. The fourth-order valence-electron chi connectivity index (χ4n) is 2.64. The highest BCUT2D eigenvalue weighted by atomic mass is 16.5. The number of hydrogen-bond acceptors (Lipinski definition) is 5. The summed E-state index contributed by atoms with van der Waals surface area (Å²) in [6.07, 6.45) is 3.02. The maximum atomic E-state index is 12.4. The van der Waals surface area contributed by atoms with Crippen molar-refractivity contribution in [2.75, 3.05) is 45.9 Å². The van der Waals surface area contributed by atoms with E-state index in [-0.39, 0.29) is 11.9 Å². The fourth-order valence-corrected chi connectivity index (χ4v) is 2.64. The summed E-state index contributed by atoms with van der Waals surface area (Å²) in [6.45, 7) is 8.29. The molecule has 0 spiro atoms. The Morgan fingerprint density at radius 2 is 2.09 bits per heavy atom. The first kappa shape index (κ1) is 16.9. The Hall–Kier alpha value is -1.44. The first-order chi connectivity index (χ1) is 10.6. The maximum Gasteiger partial charge on any atom is 0.247 e. The van der Waals surface area contributed by atoms with Gasteiger partial charge < -0.3 is 14.7 Å². The average molecular weight is 310 g/mol. The Morgan fingerprint density at radius 3 is 2.68 bits per heavy atom. The largest absolute Gasteiger partial charge is 0.389 e. The Bertz CT molecular complexity index is 444. The van der Waals surface area contributed by atoms with Crippen molar-refractivity contribution >= 4 is 5.91 Å². The van der Waals surface area contributed by atoms with E-state index in [0.717, 1.165) is 13.1 Å². The Morgan fingerprint density at radius 1 is 1.36 bits per heavy atom. The van der Waals surface area contributed by atoms with Crippen LogP contribution in [0.5, 0.6) is 0 Å². The summed E-state index contributed by atoms with van der Waals surface area (Å²) < 4.78 is 6.90. The van der Waals surface area contributed by atoms with E-state index >= 15 is 0 Å². The van der Waals surface area contributed by atoms with Gasteiger partial charge in [0.05, 0.1) is 12.7 Å². The number of hydrogen-bond donors (Lipinski definition) is 1. The van der Waals surface area contributed by atoms with Crippen LogP contribution in [-0.4, -0.2) is 82.6 Å². The van der Waals surface area contributed by atoms with Crippen LogP contribution in [-0.2, 0) is 9.53 Å². The van der Waals surface area contributed by atoms with Crippen LogP contribution in [0, 0.1) is 0 Å². The van der Waals surface area contributed by atoms with E-state index in [1.165, 1.54) is 0 Å². The molecule has 1 aromatic rings. The smallest absolute Gasteiger partial charge is 0.247 e. The molecule has 1 aromatic heterocycles. The number of nitrogens with zero attached hydrogens (tertiary/aromatic N) is 4. The van der Waals surface area contributed by atoms with Crippen LogP contribution < -0.4 is 0 Å². The van der Waals surface area contributed by atoms with Crippen molar-refractivity contribution in [3.8, 4) is 0 Å². The Kier molecular flexibility index (Phi) is 6.35. The summed E-state index contributed by atoms with van der Waals surface area (Å²) in [5.74, 6) is 0.0956. The zero-order chi connectivity index (χ0) is 15.9. The highest BCUT2D eigenvalue weighted by molar-refractivity contribution is 5.80. The number of ether oxygens (including phenoxy) is 1. The molecule has 2 heterocycles. The summed E-state index contributed by atoms with van der Waals surface area (Å²) >= 11 is 0. The van der Waals surface area contributed by atoms with E-state index in [1.54, 1.807) is 10.9 Å². The zero-order valence-electron chi connectivity index (χ0n) is 13.4. The molecule has 0 bridgehead atoms. The molecule has 1 amide bonds. The van der Waals surface area contributed by atoms with Gasteiger partial charge in [0.15, 0.2) is 0 Å². The lowest BCUT2D eigenvalue weighted by molar-refractivity contribution is -0.136. The summed E-state index contributed by atoms with van der Waals surface area (Å²) in [7, 11) is 0. The number of amides is 1. The Labute approximate surface area is 131 Å². The van der Waals surface area contributed by atoms with E-state index in [2.05, 4.69) is 10.00 Å². The third kappa shape index (κ3) is 4.53. The second-order valence-electron chi connectivity index (χ2n) is 5.60. The predicted molar refractivity (Wildman–Crippen MR) is 82.5 cm³/mol. The molecule has 124 valence electrons. The van der Waals surface area contributed by atoms with Crippen LogP contribution in [0.3, 0.4) is 0 Å². The van der Waals surface area contributed by atoms with Crippen molar-refractivity contribution in [3.05, 3.63) is 18.5 Å². The lowest BCUT2D eigenvalue weighted by atomic mass is 10.2. The number of aliphatic hydroxyl groups excluding tert-OH is 1. The molecule has 1 fully saturated rings.